The van der Waals surface area contributed by atoms with Crippen LogP contribution < -0.4 is 5.32 Å². The molecule has 1 aromatic carbocycles. The van der Waals surface area contributed by atoms with Crippen LogP contribution >= 0.6 is 0 Å². The minimum absolute atomic E-state index is 0.176. The third-order valence-corrected chi connectivity index (χ3v) is 1.85. The summed E-state index contributed by atoms with van der Waals surface area (Å²) in [4.78, 5) is 3.51. The molecule has 0 saturated carbocycles. The maximum absolute atomic E-state index is 12.8. The van der Waals surface area contributed by atoms with Crippen LogP contribution in [0.2, 0.25) is 0 Å². The van der Waals surface area contributed by atoms with Crippen molar-refractivity contribution in [2.75, 3.05) is 5.32 Å². The molecule has 0 fully saturated rings. The Balaban J connectivity index is 2.27. The molecular weight excluding hydrogens is 217 g/mol. The quantitative estimate of drug-likeness (QED) is 0.792. The van der Waals surface area contributed by atoms with Crippen LogP contribution in [0.1, 0.15) is 0 Å². The molecule has 0 radical (unpaired) electrons. The van der Waals surface area contributed by atoms with Crippen LogP contribution in [0.4, 0.5) is 24.7 Å². The second-order valence-corrected chi connectivity index (χ2v) is 3.13. The molecule has 0 atom stereocenters. The van der Waals surface area contributed by atoms with E-state index in [1.54, 1.807) is 0 Å². The Labute approximate surface area is 89.8 Å². The molecular formula is C11H7F3N2. The first kappa shape index (κ1) is 10.5. The molecule has 0 spiro atoms. The molecule has 1 heterocycles. The summed E-state index contributed by atoms with van der Waals surface area (Å²) in [7, 11) is 0. The lowest BCUT2D eigenvalue weighted by Crippen LogP contribution is -1.96. The van der Waals surface area contributed by atoms with Crippen LogP contribution in [0.25, 0.3) is 0 Å². The Morgan fingerprint density at radius 1 is 0.938 bits per heavy atom. The van der Waals surface area contributed by atoms with E-state index in [2.05, 4.69) is 10.3 Å². The number of benzene rings is 1. The van der Waals surface area contributed by atoms with E-state index in [0.717, 1.165) is 18.2 Å². The second kappa shape index (κ2) is 4.22. The third kappa shape index (κ3) is 2.50. The molecule has 0 bridgehead atoms. The predicted molar refractivity (Wildman–Crippen MR) is 53.8 cm³/mol. The fourth-order valence-electron chi connectivity index (χ4n) is 1.25. The number of hydrogen-bond donors (Lipinski definition) is 1. The van der Waals surface area contributed by atoms with E-state index in [9.17, 15) is 13.2 Å². The molecule has 0 unspecified atom stereocenters. The molecule has 0 amide bonds. The molecule has 2 aromatic rings. The van der Waals surface area contributed by atoms with Crippen LogP contribution in [0.15, 0.2) is 36.4 Å². The molecule has 82 valence electrons. The molecule has 0 saturated heterocycles. The maximum atomic E-state index is 12.8. The van der Waals surface area contributed by atoms with Crippen molar-refractivity contribution in [3.05, 3.63) is 54.0 Å². The van der Waals surface area contributed by atoms with E-state index in [4.69, 9.17) is 0 Å². The van der Waals surface area contributed by atoms with Gasteiger partial charge >= 0.3 is 0 Å². The zero-order valence-corrected chi connectivity index (χ0v) is 8.05. The van der Waals surface area contributed by atoms with Crippen LogP contribution in [0.3, 0.4) is 0 Å². The van der Waals surface area contributed by atoms with E-state index in [1.807, 2.05) is 0 Å². The highest BCUT2D eigenvalue weighted by Gasteiger charge is 2.02. The number of rotatable bonds is 2. The van der Waals surface area contributed by atoms with Gasteiger partial charge in [0.2, 0.25) is 5.95 Å². The molecule has 2 nitrogen and oxygen atoms in total. The Kier molecular flexibility index (Phi) is 2.76. The number of aromatic nitrogens is 1. The normalized spacial score (nSPS) is 10.2. The summed E-state index contributed by atoms with van der Waals surface area (Å²) in [6, 6.07) is 7.05. The van der Waals surface area contributed by atoms with Crippen LogP contribution in [-0.4, -0.2) is 4.98 Å². The highest BCUT2D eigenvalue weighted by molar-refractivity contribution is 5.55. The number of anilines is 2. The van der Waals surface area contributed by atoms with Crippen molar-refractivity contribution in [3.63, 3.8) is 0 Å². The lowest BCUT2D eigenvalue weighted by molar-refractivity contribution is 0.583. The number of nitrogens with zero attached hydrogens (tertiary/aromatic N) is 1. The van der Waals surface area contributed by atoms with Gasteiger partial charge in [0.1, 0.15) is 17.5 Å². The zero-order valence-electron chi connectivity index (χ0n) is 8.05. The monoisotopic (exact) mass is 224 g/mol. The van der Waals surface area contributed by atoms with Gasteiger partial charge in [0.05, 0.1) is 0 Å². The summed E-state index contributed by atoms with van der Waals surface area (Å²) < 4.78 is 38.4. The van der Waals surface area contributed by atoms with E-state index in [1.165, 1.54) is 18.2 Å². The SMILES string of the molecule is Fc1cc(F)cc(Nc2cccc(F)n2)c1. The Bertz CT molecular complexity index is 494. The van der Waals surface area contributed by atoms with Gasteiger partial charge in [-0.3, -0.25) is 0 Å². The smallest absolute Gasteiger partial charge is 0.214 e. The van der Waals surface area contributed by atoms with Crippen molar-refractivity contribution >= 4 is 11.5 Å². The van der Waals surface area contributed by atoms with Gasteiger partial charge in [-0.25, -0.2) is 13.8 Å². The summed E-state index contributed by atoms with van der Waals surface area (Å²) in [5, 5.41) is 2.60. The molecule has 2 rings (SSSR count). The lowest BCUT2D eigenvalue weighted by atomic mass is 10.3. The molecule has 0 aliphatic heterocycles. The Morgan fingerprint density at radius 2 is 1.62 bits per heavy atom. The Morgan fingerprint density at radius 3 is 2.25 bits per heavy atom. The Hall–Kier alpha value is -2.04. The van der Waals surface area contributed by atoms with E-state index in [0.29, 0.717) is 0 Å². The van der Waals surface area contributed by atoms with Crippen LogP contribution in [0.5, 0.6) is 0 Å². The lowest BCUT2D eigenvalue weighted by Gasteiger charge is -2.05. The highest BCUT2D eigenvalue weighted by Crippen LogP contribution is 2.17. The summed E-state index contributed by atoms with van der Waals surface area (Å²) in [6.45, 7) is 0. The van der Waals surface area contributed by atoms with E-state index >= 15 is 0 Å². The van der Waals surface area contributed by atoms with Crippen molar-refractivity contribution in [1.29, 1.82) is 0 Å². The highest BCUT2D eigenvalue weighted by atomic mass is 19.1. The number of hydrogen-bond acceptors (Lipinski definition) is 2. The zero-order chi connectivity index (χ0) is 11.5. The van der Waals surface area contributed by atoms with Crippen LogP contribution in [0, 0.1) is 17.6 Å². The average molecular weight is 224 g/mol. The summed E-state index contributed by atoms with van der Waals surface area (Å²) in [5.41, 5.74) is 0.176. The topological polar surface area (TPSA) is 24.9 Å². The number of pyridine rings is 1. The third-order valence-electron chi connectivity index (χ3n) is 1.85. The number of halogens is 3. The minimum Gasteiger partial charge on any atom is -0.340 e. The summed E-state index contributed by atoms with van der Waals surface area (Å²) >= 11 is 0. The molecule has 5 heteroatoms. The fraction of sp³-hybridized carbons (Fsp3) is 0. The average Bonchev–Trinajstić information content (AvgIpc) is 2.15. The second-order valence-electron chi connectivity index (χ2n) is 3.13. The first-order valence-electron chi connectivity index (χ1n) is 4.49. The standard InChI is InChI=1S/C11H7F3N2/c12-7-4-8(13)6-9(5-7)15-11-3-1-2-10(14)16-11/h1-6H,(H,15,16). The van der Waals surface area contributed by atoms with Gasteiger partial charge in [-0.1, -0.05) is 6.07 Å². The van der Waals surface area contributed by atoms with Crippen molar-refractivity contribution < 1.29 is 13.2 Å². The van der Waals surface area contributed by atoms with Gasteiger partial charge in [-0.2, -0.15) is 4.39 Å². The predicted octanol–water partition coefficient (Wildman–Crippen LogP) is 3.24. The van der Waals surface area contributed by atoms with Gasteiger partial charge in [-0.15, -0.1) is 0 Å². The molecule has 1 N–H and O–H groups in total. The minimum atomic E-state index is -0.709. The molecule has 0 aliphatic rings. The van der Waals surface area contributed by atoms with Crippen molar-refractivity contribution in [1.82, 2.24) is 4.98 Å². The van der Waals surface area contributed by atoms with Crippen molar-refractivity contribution in [2.45, 2.75) is 0 Å². The van der Waals surface area contributed by atoms with Gasteiger partial charge < -0.3 is 5.32 Å². The van der Waals surface area contributed by atoms with Crippen molar-refractivity contribution in [3.8, 4) is 0 Å². The first-order chi connectivity index (χ1) is 7.63. The first-order valence-corrected chi connectivity index (χ1v) is 4.49. The molecule has 16 heavy (non-hydrogen) atoms. The maximum Gasteiger partial charge on any atom is 0.214 e. The van der Waals surface area contributed by atoms with Gasteiger partial charge in [0.25, 0.3) is 0 Å². The summed E-state index contributed by atoms with van der Waals surface area (Å²) in [5.74, 6) is -1.90. The fourth-order valence-corrected chi connectivity index (χ4v) is 1.25. The van der Waals surface area contributed by atoms with E-state index in [-0.39, 0.29) is 11.5 Å². The van der Waals surface area contributed by atoms with E-state index < -0.39 is 17.6 Å². The van der Waals surface area contributed by atoms with Gasteiger partial charge in [0.15, 0.2) is 0 Å². The summed E-state index contributed by atoms with van der Waals surface area (Å²) in [6.07, 6.45) is 0. The van der Waals surface area contributed by atoms with Gasteiger partial charge in [-0.05, 0) is 24.3 Å². The largest absolute Gasteiger partial charge is 0.340 e. The number of nitrogens with one attached hydrogen (secondary N) is 1. The van der Waals surface area contributed by atoms with Crippen molar-refractivity contribution in [2.24, 2.45) is 0 Å². The molecule has 1 aromatic heterocycles. The van der Waals surface area contributed by atoms with Crippen LogP contribution in [-0.2, 0) is 0 Å². The van der Waals surface area contributed by atoms with Gasteiger partial charge in [0, 0.05) is 11.8 Å². The molecule has 0 aliphatic carbocycles.